The second-order valence-electron chi connectivity index (χ2n) is 2.38. The van der Waals surface area contributed by atoms with Gasteiger partial charge in [0.15, 0.2) is 0 Å². The van der Waals surface area contributed by atoms with Gasteiger partial charge in [0.1, 0.15) is 0 Å². The Bertz CT molecular complexity index is 276. The van der Waals surface area contributed by atoms with Crippen LogP contribution in [0.2, 0.25) is 5.02 Å². The summed E-state index contributed by atoms with van der Waals surface area (Å²) in [5.41, 5.74) is 3.64. The van der Waals surface area contributed by atoms with Gasteiger partial charge in [-0.2, -0.15) is 0 Å². The Labute approximate surface area is 82.8 Å². The molecule has 1 aromatic rings. The van der Waals surface area contributed by atoms with Crippen molar-refractivity contribution in [3.63, 3.8) is 0 Å². The molecule has 0 amide bonds. The van der Waals surface area contributed by atoms with Crippen molar-refractivity contribution in [2.45, 2.75) is 6.92 Å². The van der Waals surface area contributed by atoms with Crippen molar-refractivity contribution in [1.29, 1.82) is 5.41 Å². The molecule has 0 atom stereocenters. The number of hydrogen-bond donors (Lipinski definition) is 3. The SMILES string of the molecule is CNO.Cc1ccc(C=N)cc1Cl. The van der Waals surface area contributed by atoms with E-state index in [1.807, 2.05) is 19.1 Å². The average molecular weight is 201 g/mol. The zero-order valence-corrected chi connectivity index (χ0v) is 8.39. The molecule has 3 N–H and O–H groups in total. The fourth-order valence-electron chi connectivity index (χ4n) is 0.699. The normalized spacial score (nSPS) is 8.62. The molecule has 1 aromatic carbocycles. The van der Waals surface area contributed by atoms with Crippen LogP contribution in [0.5, 0.6) is 0 Å². The van der Waals surface area contributed by atoms with E-state index in [1.54, 1.807) is 11.5 Å². The second kappa shape index (κ2) is 6.60. The molecule has 4 heteroatoms. The third kappa shape index (κ3) is 4.62. The fraction of sp³-hybridized carbons (Fsp3) is 0.222. The lowest BCUT2D eigenvalue weighted by Crippen LogP contribution is -1.91. The minimum Gasteiger partial charge on any atom is -0.317 e. The predicted molar refractivity (Wildman–Crippen MR) is 54.9 cm³/mol. The number of halogens is 1. The first kappa shape index (κ1) is 12.1. The molecule has 72 valence electrons. The van der Waals surface area contributed by atoms with Gasteiger partial charge in [0.2, 0.25) is 0 Å². The summed E-state index contributed by atoms with van der Waals surface area (Å²) in [5.74, 6) is 0. The first-order chi connectivity index (χ1) is 6.15. The van der Waals surface area contributed by atoms with Crippen LogP contribution in [0, 0.1) is 12.3 Å². The van der Waals surface area contributed by atoms with Crippen LogP contribution in [0.15, 0.2) is 18.2 Å². The zero-order chi connectivity index (χ0) is 10.3. The summed E-state index contributed by atoms with van der Waals surface area (Å²) in [6, 6.07) is 5.56. The van der Waals surface area contributed by atoms with E-state index in [1.165, 1.54) is 13.3 Å². The fourth-order valence-corrected chi connectivity index (χ4v) is 0.888. The van der Waals surface area contributed by atoms with Gasteiger partial charge in [-0.1, -0.05) is 23.7 Å². The standard InChI is InChI=1S/C8H8ClN.CH5NO/c1-6-2-3-7(5-10)4-8(6)9;1-2-3/h2-5,10H,1H3;2-3H,1H3. The van der Waals surface area contributed by atoms with Gasteiger partial charge in [-0.05, 0) is 24.1 Å². The van der Waals surface area contributed by atoms with Crippen molar-refractivity contribution in [3.05, 3.63) is 34.3 Å². The van der Waals surface area contributed by atoms with Crippen LogP contribution in [0.1, 0.15) is 11.1 Å². The quantitative estimate of drug-likeness (QED) is 0.481. The van der Waals surface area contributed by atoms with Crippen LogP contribution in [0.3, 0.4) is 0 Å². The van der Waals surface area contributed by atoms with E-state index in [4.69, 9.17) is 22.2 Å². The lowest BCUT2D eigenvalue weighted by Gasteiger charge is -1.96. The molecule has 13 heavy (non-hydrogen) atoms. The highest BCUT2D eigenvalue weighted by Gasteiger charge is 1.93. The molecule has 0 fully saturated rings. The summed E-state index contributed by atoms with van der Waals surface area (Å²) in [7, 11) is 1.43. The summed E-state index contributed by atoms with van der Waals surface area (Å²) in [6.45, 7) is 1.94. The van der Waals surface area contributed by atoms with E-state index < -0.39 is 0 Å². The van der Waals surface area contributed by atoms with E-state index in [0.29, 0.717) is 0 Å². The largest absolute Gasteiger partial charge is 0.317 e. The molecule has 0 unspecified atom stereocenters. The summed E-state index contributed by atoms with van der Waals surface area (Å²) in [5, 5.41) is 15.0. The van der Waals surface area contributed by atoms with Gasteiger partial charge >= 0.3 is 0 Å². The van der Waals surface area contributed by atoms with Crippen molar-refractivity contribution in [1.82, 2.24) is 5.48 Å². The highest BCUT2D eigenvalue weighted by atomic mass is 35.5. The third-order valence-electron chi connectivity index (χ3n) is 1.36. The molecule has 3 nitrogen and oxygen atoms in total. The van der Waals surface area contributed by atoms with Gasteiger partial charge in [0.25, 0.3) is 0 Å². The number of hydroxylamine groups is 1. The zero-order valence-electron chi connectivity index (χ0n) is 7.63. The topological polar surface area (TPSA) is 56.1 Å². The highest BCUT2D eigenvalue weighted by Crippen LogP contribution is 2.15. The molecule has 0 saturated carbocycles. The minimum absolute atomic E-state index is 0.723. The summed E-state index contributed by atoms with van der Waals surface area (Å²) < 4.78 is 0. The molecule has 0 aromatic heterocycles. The molecule has 0 aliphatic heterocycles. The molecule has 1 rings (SSSR count). The van der Waals surface area contributed by atoms with E-state index in [-0.39, 0.29) is 0 Å². The summed E-state index contributed by atoms with van der Waals surface area (Å²) >= 11 is 5.79. The Morgan fingerprint density at radius 3 is 2.46 bits per heavy atom. The smallest absolute Gasteiger partial charge is 0.0441 e. The van der Waals surface area contributed by atoms with Gasteiger partial charge in [0, 0.05) is 18.3 Å². The first-order valence-corrected chi connectivity index (χ1v) is 4.11. The van der Waals surface area contributed by atoms with Crippen molar-refractivity contribution in [2.75, 3.05) is 7.05 Å². The van der Waals surface area contributed by atoms with E-state index in [2.05, 4.69) is 0 Å². The predicted octanol–water partition coefficient (Wildman–Crippen LogP) is 2.24. The average Bonchev–Trinajstić information content (AvgIpc) is 2.11. The van der Waals surface area contributed by atoms with Crippen LogP contribution in [-0.2, 0) is 0 Å². The lowest BCUT2D eigenvalue weighted by atomic mass is 10.2. The molecule has 0 spiro atoms. The maximum absolute atomic E-state index is 7.32. The Kier molecular flexibility index (Phi) is 6.14. The van der Waals surface area contributed by atoms with Crippen molar-refractivity contribution in [3.8, 4) is 0 Å². The number of nitrogens with one attached hydrogen (secondary N) is 2. The van der Waals surface area contributed by atoms with Crippen LogP contribution in [0.25, 0.3) is 0 Å². The van der Waals surface area contributed by atoms with Crippen LogP contribution < -0.4 is 5.48 Å². The molecular formula is C9H13ClN2O. The van der Waals surface area contributed by atoms with Crippen LogP contribution in [-0.4, -0.2) is 18.5 Å². The van der Waals surface area contributed by atoms with Gasteiger partial charge in [0.05, 0.1) is 0 Å². The molecule has 0 aliphatic carbocycles. The Balaban J connectivity index is 0.000000424. The maximum atomic E-state index is 7.32. The van der Waals surface area contributed by atoms with Crippen LogP contribution in [0.4, 0.5) is 0 Å². The van der Waals surface area contributed by atoms with Crippen LogP contribution >= 0.6 is 11.6 Å². The molecule has 0 radical (unpaired) electrons. The Hall–Kier alpha value is -0.900. The monoisotopic (exact) mass is 200 g/mol. The number of benzene rings is 1. The number of rotatable bonds is 1. The second-order valence-corrected chi connectivity index (χ2v) is 2.78. The molecular weight excluding hydrogens is 188 g/mol. The number of hydrogen-bond acceptors (Lipinski definition) is 3. The molecule has 0 heterocycles. The van der Waals surface area contributed by atoms with E-state index in [0.717, 1.165) is 16.1 Å². The van der Waals surface area contributed by atoms with E-state index in [9.17, 15) is 0 Å². The number of aryl methyl sites for hydroxylation is 1. The van der Waals surface area contributed by atoms with Gasteiger partial charge < -0.3 is 10.6 Å². The first-order valence-electron chi connectivity index (χ1n) is 3.73. The summed E-state index contributed by atoms with van der Waals surface area (Å²) in [4.78, 5) is 0. The van der Waals surface area contributed by atoms with Gasteiger partial charge in [-0.3, -0.25) is 0 Å². The van der Waals surface area contributed by atoms with Crippen molar-refractivity contribution >= 4 is 17.8 Å². The lowest BCUT2D eigenvalue weighted by molar-refractivity contribution is 0.194. The minimum atomic E-state index is 0.723. The molecule has 0 bridgehead atoms. The Morgan fingerprint density at radius 2 is 2.08 bits per heavy atom. The van der Waals surface area contributed by atoms with Gasteiger partial charge in [-0.15, -0.1) is 0 Å². The maximum Gasteiger partial charge on any atom is 0.0441 e. The highest BCUT2D eigenvalue weighted by molar-refractivity contribution is 6.31. The molecule has 0 aliphatic rings. The van der Waals surface area contributed by atoms with E-state index >= 15 is 0 Å². The summed E-state index contributed by atoms with van der Waals surface area (Å²) in [6.07, 6.45) is 1.28. The molecule has 0 saturated heterocycles. The van der Waals surface area contributed by atoms with Gasteiger partial charge in [-0.25, -0.2) is 5.48 Å². The Morgan fingerprint density at radius 1 is 1.54 bits per heavy atom. The third-order valence-corrected chi connectivity index (χ3v) is 1.77. The van der Waals surface area contributed by atoms with Crippen molar-refractivity contribution in [2.24, 2.45) is 0 Å². The van der Waals surface area contributed by atoms with Crippen molar-refractivity contribution < 1.29 is 5.21 Å².